The van der Waals surface area contributed by atoms with Crippen LogP contribution >= 0.6 is 0 Å². The molecule has 5 nitrogen and oxygen atoms in total. The third kappa shape index (κ3) is 4.15. The highest BCUT2D eigenvalue weighted by atomic mass is 16.5. The molecule has 0 saturated carbocycles. The van der Waals surface area contributed by atoms with Crippen LogP contribution in [0.1, 0.15) is 27.2 Å². The molecule has 2 rings (SSSR count). The Morgan fingerprint density at radius 3 is 2.82 bits per heavy atom. The Labute approximate surface area is 131 Å². The third-order valence-corrected chi connectivity index (χ3v) is 3.93. The first-order valence-electron chi connectivity index (χ1n) is 7.66. The van der Waals surface area contributed by atoms with E-state index in [-0.39, 0.29) is 11.2 Å². The largest absolute Gasteiger partial charge is 0.379 e. The number of methoxy groups -OCH3 is 1. The zero-order valence-corrected chi connectivity index (χ0v) is 13.8. The van der Waals surface area contributed by atoms with Crippen molar-refractivity contribution in [2.75, 3.05) is 13.7 Å². The molecular formula is C17H25N3O2. The zero-order chi connectivity index (χ0) is 16.2. The van der Waals surface area contributed by atoms with Crippen LogP contribution in [-0.4, -0.2) is 35.1 Å². The Hall–Kier alpha value is -1.72. The standard InChI is InChI=1S/C17H25N3O2/c1-13(11-17(2,3)22-4)18-9-10-20-16(21)15-8-6-5-7-14(15)12-19-20/h5-8,12-13,18H,9-11H2,1-4H3. The lowest BCUT2D eigenvalue weighted by molar-refractivity contribution is 0.00854. The lowest BCUT2D eigenvalue weighted by Crippen LogP contribution is -2.38. The number of hydrogen-bond acceptors (Lipinski definition) is 4. The van der Waals surface area contributed by atoms with Crippen LogP contribution in [0, 0.1) is 0 Å². The van der Waals surface area contributed by atoms with Gasteiger partial charge in [-0.15, -0.1) is 0 Å². The Bertz CT molecular complexity index is 679. The van der Waals surface area contributed by atoms with Gasteiger partial charge in [0.2, 0.25) is 0 Å². The fourth-order valence-electron chi connectivity index (χ4n) is 2.60. The Balaban J connectivity index is 1.95. The molecule has 0 aliphatic carbocycles. The Kier molecular flexibility index (Phi) is 5.32. The monoisotopic (exact) mass is 303 g/mol. The summed E-state index contributed by atoms with van der Waals surface area (Å²) in [7, 11) is 1.73. The normalized spacial score (nSPS) is 13.5. The Morgan fingerprint density at radius 2 is 2.09 bits per heavy atom. The molecule has 0 aliphatic rings. The van der Waals surface area contributed by atoms with Gasteiger partial charge in [0.05, 0.1) is 23.7 Å². The zero-order valence-electron chi connectivity index (χ0n) is 13.8. The molecule has 1 aromatic carbocycles. The van der Waals surface area contributed by atoms with Crippen molar-refractivity contribution in [1.29, 1.82) is 0 Å². The minimum atomic E-state index is -0.148. The van der Waals surface area contributed by atoms with Crippen LogP contribution in [0.5, 0.6) is 0 Å². The molecule has 1 aromatic heterocycles. The maximum Gasteiger partial charge on any atom is 0.274 e. The first-order valence-corrected chi connectivity index (χ1v) is 7.66. The molecule has 1 atom stereocenters. The van der Waals surface area contributed by atoms with Crippen molar-refractivity contribution in [3.05, 3.63) is 40.8 Å². The highest BCUT2D eigenvalue weighted by Crippen LogP contribution is 2.15. The van der Waals surface area contributed by atoms with Gasteiger partial charge in [-0.3, -0.25) is 4.79 Å². The number of nitrogens with one attached hydrogen (secondary N) is 1. The molecule has 1 unspecified atom stereocenters. The van der Waals surface area contributed by atoms with Crippen LogP contribution in [0.4, 0.5) is 0 Å². The molecule has 0 amide bonds. The molecule has 2 aromatic rings. The van der Waals surface area contributed by atoms with Crippen LogP contribution in [0.25, 0.3) is 10.8 Å². The summed E-state index contributed by atoms with van der Waals surface area (Å²) in [5.74, 6) is 0. The van der Waals surface area contributed by atoms with Crippen LogP contribution in [0.3, 0.4) is 0 Å². The van der Waals surface area contributed by atoms with Gasteiger partial charge in [0, 0.05) is 25.1 Å². The average molecular weight is 303 g/mol. The highest BCUT2D eigenvalue weighted by Gasteiger charge is 2.19. The first-order chi connectivity index (χ1) is 10.4. The van der Waals surface area contributed by atoms with Crippen LogP contribution in [-0.2, 0) is 11.3 Å². The van der Waals surface area contributed by atoms with E-state index >= 15 is 0 Å². The summed E-state index contributed by atoms with van der Waals surface area (Å²) in [5.41, 5.74) is -0.186. The van der Waals surface area contributed by atoms with Gasteiger partial charge in [0.25, 0.3) is 5.56 Å². The summed E-state index contributed by atoms with van der Waals surface area (Å²) in [4.78, 5) is 12.3. The molecule has 5 heteroatoms. The third-order valence-electron chi connectivity index (χ3n) is 3.93. The molecule has 0 bridgehead atoms. The van der Waals surface area contributed by atoms with Crippen molar-refractivity contribution >= 4 is 10.8 Å². The van der Waals surface area contributed by atoms with Gasteiger partial charge in [-0.25, -0.2) is 4.68 Å². The van der Waals surface area contributed by atoms with E-state index < -0.39 is 0 Å². The molecular weight excluding hydrogens is 278 g/mol. The lowest BCUT2D eigenvalue weighted by atomic mass is 10.00. The van der Waals surface area contributed by atoms with E-state index in [1.807, 2.05) is 24.3 Å². The molecule has 0 spiro atoms. The Morgan fingerprint density at radius 1 is 1.36 bits per heavy atom. The van der Waals surface area contributed by atoms with Crippen LogP contribution in [0.2, 0.25) is 0 Å². The topological polar surface area (TPSA) is 56.1 Å². The molecule has 0 aliphatic heterocycles. The van der Waals surface area contributed by atoms with Gasteiger partial charge in [-0.2, -0.15) is 5.10 Å². The quantitative estimate of drug-likeness (QED) is 0.852. The van der Waals surface area contributed by atoms with Crippen LogP contribution in [0.15, 0.2) is 35.3 Å². The van der Waals surface area contributed by atoms with Gasteiger partial charge < -0.3 is 10.1 Å². The van der Waals surface area contributed by atoms with E-state index in [2.05, 4.69) is 31.2 Å². The van der Waals surface area contributed by atoms with E-state index in [4.69, 9.17) is 4.74 Å². The van der Waals surface area contributed by atoms with E-state index in [0.717, 1.165) is 11.8 Å². The predicted molar refractivity (Wildman–Crippen MR) is 89.2 cm³/mol. The summed E-state index contributed by atoms with van der Waals surface area (Å²) in [6, 6.07) is 7.84. The number of hydrogen-bond donors (Lipinski definition) is 1. The molecule has 0 saturated heterocycles. The number of benzene rings is 1. The minimum Gasteiger partial charge on any atom is -0.379 e. The second-order valence-electron chi connectivity index (χ2n) is 6.28. The second kappa shape index (κ2) is 7.03. The van der Waals surface area contributed by atoms with Crippen molar-refractivity contribution in [2.45, 2.75) is 45.4 Å². The maximum atomic E-state index is 12.3. The van der Waals surface area contributed by atoms with Crippen molar-refractivity contribution in [2.24, 2.45) is 0 Å². The minimum absolute atomic E-state index is 0.0372. The number of fused-ring (bicyclic) bond motifs is 1. The summed E-state index contributed by atoms with van der Waals surface area (Å²) < 4.78 is 6.95. The highest BCUT2D eigenvalue weighted by molar-refractivity contribution is 5.80. The smallest absolute Gasteiger partial charge is 0.274 e. The molecule has 0 radical (unpaired) electrons. The molecule has 120 valence electrons. The molecule has 1 N–H and O–H groups in total. The van der Waals surface area contributed by atoms with E-state index in [0.29, 0.717) is 24.5 Å². The summed E-state index contributed by atoms with van der Waals surface area (Å²) in [5, 5.41) is 9.25. The predicted octanol–water partition coefficient (Wildman–Crippen LogP) is 2.19. The number of ether oxygens (including phenoxy) is 1. The molecule has 22 heavy (non-hydrogen) atoms. The van der Waals surface area contributed by atoms with Crippen LogP contribution < -0.4 is 10.9 Å². The maximum absolute atomic E-state index is 12.3. The van der Waals surface area contributed by atoms with Crippen molar-refractivity contribution in [3.63, 3.8) is 0 Å². The van der Waals surface area contributed by atoms with Crippen molar-refractivity contribution < 1.29 is 4.74 Å². The molecule has 0 fully saturated rings. The van der Waals surface area contributed by atoms with Crippen molar-refractivity contribution in [3.8, 4) is 0 Å². The van der Waals surface area contributed by atoms with E-state index in [9.17, 15) is 4.79 Å². The lowest BCUT2D eigenvalue weighted by Gasteiger charge is -2.27. The van der Waals surface area contributed by atoms with Gasteiger partial charge in [0.1, 0.15) is 0 Å². The SMILES string of the molecule is COC(C)(C)CC(C)NCCn1ncc2ccccc2c1=O. The van der Waals surface area contributed by atoms with Gasteiger partial charge >= 0.3 is 0 Å². The van der Waals surface area contributed by atoms with Crippen molar-refractivity contribution in [1.82, 2.24) is 15.1 Å². The summed E-state index contributed by atoms with van der Waals surface area (Å²) in [6.07, 6.45) is 2.65. The first kappa shape index (κ1) is 16.6. The van der Waals surface area contributed by atoms with Gasteiger partial charge in [0.15, 0.2) is 0 Å². The average Bonchev–Trinajstić information content (AvgIpc) is 2.49. The second-order valence-corrected chi connectivity index (χ2v) is 6.28. The summed E-state index contributed by atoms with van der Waals surface area (Å²) >= 11 is 0. The molecule has 1 heterocycles. The van der Waals surface area contributed by atoms with Gasteiger partial charge in [-0.05, 0) is 33.3 Å². The number of nitrogens with zero attached hydrogens (tertiary/aromatic N) is 2. The fourth-order valence-corrected chi connectivity index (χ4v) is 2.60. The van der Waals surface area contributed by atoms with E-state index in [1.165, 1.54) is 4.68 Å². The fraction of sp³-hybridized carbons (Fsp3) is 0.529. The van der Waals surface area contributed by atoms with Gasteiger partial charge in [-0.1, -0.05) is 18.2 Å². The summed E-state index contributed by atoms with van der Waals surface area (Å²) in [6.45, 7) is 7.52. The number of aromatic nitrogens is 2. The van der Waals surface area contributed by atoms with E-state index in [1.54, 1.807) is 13.3 Å². The number of rotatable bonds is 7.